The molecule has 3 unspecified atom stereocenters. The van der Waals surface area contributed by atoms with E-state index in [2.05, 4.69) is 6.92 Å². The molecule has 0 aromatic heterocycles. The number of primary sulfonamides is 1. The Kier molecular flexibility index (Phi) is 2.78. The minimum Gasteiger partial charge on any atom is -0.228 e. The molecule has 2 N–H and O–H groups in total. The van der Waals surface area contributed by atoms with E-state index in [1.165, 1.54) is 0 Å². The fourth-order valence-corrected chi connectivity index (χ4v) is 3.32. The molecule has 0 spiro atoms. The first kappa shape index (κ1) is 9.99. The molecule has 72 valence electrons. The first-order valence-corrected chi connectivity index (χ1v) is 6.04. The zero-order valence-corrected chi connectivity index (χ0v) is 8.47. The summed E-state index contributed by atoms with van der Waals surface area (Å²) in [5.74, 6) is 0.737. The lowest BCUT2D eigenvalue weighted by Crippen LogP contribution is -2.38. The van der Waals surface area contributed by atoms with Crippen molar-refractivity contribution in [3.05, 3.63) is 0 Å². The fourth-order valence-electron chi connectivity index (χ4n) is 1.94. The van der Waals surface area contributed by atoms with Crippen LogP contribution in [0.25, 0.3) is 0 Å². The van der Waals surface area contributed by atoms with Crippen LogP contribution in [0.4, 0.5) is 0 Å². The maximum atomic E-state index is 11.1. The van der Waals surface area contributed by atoms with E-state index in [-0.39, 0.29) is 11.2 Å². The minimum absolute atomic E-state index is 0.233. The average molecular weight is 191 g/mol. The van der Waals surface area contributed by atoms with Crippen molar-refractivity contribution >= 4 is 10.0 Å². The summed E-state index contributed by atoms with van der Waals surface area (Å²) in [6.45, 7) is 4.06. The lowest BCUT2D eigenvalue weighted by Gasteiger charge is -2.30. The summed E-state index contributed by atoms with van der Waals surface area (Å²) in [7, 11) is -3.31. The maximum Gasteiger partial charge on any atom is 0.212 e. The number of sulfonamides is 1. The molecule has 0 aromatic rings. The van der Waals surface area contributed by atoms with Gasteiger partial charge >= 0.3 is 0 Å². The van der Waals surface area contributed by atoms with Gasteiger partial charge in [0.25, 0.3) is 0 Å². The SMILES string of the molecule is CC1CCC(C)C(S(N)(=O)=O)C1. The first-order valence-electron chi connectivity index (χ1n) is 4.43. The van der Waals surface area contributed by atoms with Crippen LogP contribution in [0.15, 0.2) is 0 Å². The standard InChI is InChI=1S/C8H17NO2S/c1-6-3-4-7(2)8(5-6)12(9,10)11/h6-8H,3-5H2,1-2H3,(H2,9,10,11). The Morgan fingerprint density at radius 3 is 2.25 bits per heavy atom. The summed E-state index contributed by atoms with van der Waals surface area (Å²) in [4.78, 5) is 0. The third kappa shape index (κ3) is 2.20. The molecule has 0 saturated heterocycles. The molecule has 3 atom stereocenters. The summed E-state index contributed by atoms with van der Waals surface area (Å²) < 4.78 is 22.2. The van der Waals surface area contributed by atoms with Crippen LogP contribution in [0.3, 0.4) is 0 Å². The molecular weight excluding hydrogens is 174 g/mol. The van der Waals surface area contributed by atoms with Gasteiger partial charge in [-0.25, -0.2) is 13.6 Å². The summed E-state index contributed by atoms with van der Waals surface area (Å²) in [6.07, 6.45) is 2.86. The van der Waals surface area contributed by atoms with Crippen molar-refractivity contribution in [2.45, 2.75) is 38.4 Å². The monoisotopic (exact) mass is 191 g/mol. The molecule has 12 heavy (non-hydrogen) atoms. The van der Waals surface area contributed by atoms with E-state index < -0.39 is 10.0 Å². The van der Waals surface area contributed by atoms with Gasteiger partial charge in [-0.2, -0.15) is 0 Å². The predicted molar refractivity (Wildman–Crippen MR) is 49.1 cm³/mol. The van der Waals surface area contributed by atoms with E-state index >= 15 is 0 Å². The van der Waals surface area contributed by atoms with Gasteiger partial charge < -0.3 is 0 Å². The Labute approximate surface area is 74.4 Å². The second kappa shape index (κ2) is 3.34. The van der Waals surface area contributed by atoms with Crippen LogP contribution in [0.1, 0.15) is 33.1 Å². The number of hydrogen-bond acceptors (Lipinski definition) is 2. The van der Waals surface area contributed by atoms with Crippen molar-refractivity contribution in [1.82, 2.24) is 0 Å². The lowest BCUT2D eigenvalue weighted by atomic mass is 9.84. The molecular formula is C8H17NO2S. The largest absolute Gasteiger partial charge is 0.228 e. The van der Waals surface area contributed by atoms with Gasteiger partial charge in [-0.15, -0.1) is 0 Å². The maximum absolute atomic E-state index is 11.1. The molecule has 0 aromatic carbocycles. The van der Waals surface area contributed by atoms with Gasteiger partial charge in [0.2, 0.25) is 10.0 Å². The highest BCUT2D eigenvalue weighted by Gasteiger charge is 2.32. The van der Waals surface area contributed by atoms with Crippen molar-refractivity contribution in [3.63, 3.8) is 0 Å². The highest BCUT2D eigenvalue weighted by Crippen LogP contribution is 2.31. The molecule has 1 fully saturated rings. The quantitative estimate of drug-likeness (QED) is 0.674. The molecule has 0 amide bonds. The third-order valence-corrected chi connectivity index (χ3v) is 4.31. The highest BCUT2D eigenvalue weighted by atomic mass is 32.2. The van der Waals surface area contributed by atoms with Crippen molar-refractivity contribution in [1.29, 1.82) is 0 Å². The van der Waals surface area contributed by atoms with Gasteiger partial charge in [0.05, 0.1) is 5.25 Å². The van der Waals surface area contributed by atoms with Crippen LogP contribution in [0, 0.1) is 11.8 Å². The summed E-state index contributed by atoms with van der Waals surface area (Å²) in [5, 5.41) is 4.83. The van der Waals surface area contributed by atoms with Crippen molar-refractivity contribution in [3.8, 4) is 0 Å². The smallest absolute Gasteiger partial charge is 0.212 e. The molecule has 1 saturated carbocycles. The van der Waals surface area contributed by atoms with Crippen LogP contribution in [0.5, 0.6) is 0 Å². The van der Waals surface area contributed by atoms with Crippen molar-refractivity contribution < 1.29 is 8.42 Å². The van der Waals surface area contributed by atoms with Gasteiger partial charge in [0.1, 0.15) is 0 Å². The average Bonchev–Trinajstić information content (AvgIpc) is 1.92. The summed E-state index contributed by atoms with van der Waals surface area (Å²) >= 11 is 0. The number of rotatable bonds is 1. The zero-order valence-electron chi connectivity index (χ0n) is 7.66. The third-order valence-electron chi connectivity index (χ3n) is 2.81. The van der Waals surface area contributed by atoms with Crippen LogP contribution in [-0.4, -0.2) is 13.7 Å². The van der Waals surface area contributed by atoms with Gasteiger partial charge in [-0.3, -0.25) is 0 Å². The molecule has 1 aliphatic rings. The minimum atomic E-state index is -3.31. The van der Waals surface area contributed by atoms with E-state index in [0.717, 1.165) is 19.3 Å². The van der Waals surface area contributed by atoms with E-state index in [4.69, 9.17) is 5.14 Å². The van der Waals surface area contributed by atoms with Crippen molar-refractivity contribution in [2.75, 3.05) is 0 Å². The Morgan fingerprint density at radius 1 is 1.25 bits per heavy atom. The van der Waals surface area contributed by atoms with Gasteiger partial charge in [-0.05, 0) is 24.7 Å². The number of nitrogens with two attached hydrogens (primary N) is 1. The van der Waals surface area contributed by atoms with Gasteiger partial charge in [0.15, 0.2) is 0 Å². The molecule has 0 radical (unpaired) electrons. The van der Waals surface area contributed by atoms with Crippen LogP contribution < -0.4 is 5.14 Å². The Hall–Kier alpha value is -0.0900. The highest BCUT2D eigenvalue weighted by molar-refractivity contribution is 7.89. The van der Waals surface area contributed by atoms with E-state index in [1.807, 2.05) is 6.92 Å². The molecule has 0 bridgehead atoms. The first-order chi connectivity index (χ1) is 5.41. The molecule has 0 aliphatic heterocycles. The Morgan fingerprint density at radius 2 is 1.83 bits per heavy atom. The van der Waals surface area contributed by atoms with Crippen LogP contribution in [0.2, 0.25) is 0 Å². The Bertz CT molecular complexity index is 248. The topological polar surface area (TPSA) is 60.2 Å². The molecule has 0 heterocycles. The molecule has 3 nitrogen and oxygen atoms in total. The Balaban J connectivity index is 2.74. The van der Waals surface area contributed by atoms with E-state index in [0.29, 0.717) is 5.92 Å². The second-order valence-corrected chi connectivity index (χ2v) is 5.81. The molecule has 4 heteroatoms. The normalized spacial score (nSPS) is 38.1. The number of hydrogen-bond donors (Lipinski definition) is 1. The summed E-state index contributed by atoms with van der Waals surface area (Å²) in [6, 6.07) is 0. The van der Waals surface area contributed by atoms with E-state index in [9.17, 15) is 8.42 Å². The summed E-state index contributed by atoms with van der Waals surface area (Å²) in [5.41, 5.74) is 0. The molecule has 1 aliphatic carbocycles. The fraction of sp³-hybridized carbons (Fsp3) is 1.00. The van der Waals surface area contributed by atoms with Crippen LogP contribution >= 0.6 is 0 Å². The predicted octanol–water partition coefficient (Wildman–Crippen LogP) is 1.10. The van der Waals surface area contributed by atoms with Gasteiger partial charge in [0, 0.05) is 0 Å². The van der Waals surface area contributed by atoms with E-state index in [1.54, 1.807) is 0 Å². The lowest BCUT2D eigenvalue weighted by molar-refractivity contribution is 0.308. The second-order valence-electron chi connectivity index (χ2n) is 4.02. The zero-order chi connectivity index (χ0) is 9.35. The molecule has 1 rings (SSSR count). The van der Waals surface area contributed by atoms with Gasteiger partial charge in [-0.1, -0.05) is 20.3 Å². The van der Waals surface area contributed by atoms with Crippen molar-refractivity contribution in [2.24, 2.45) is 17.0 Å². The van der Waals surface area contributed by atoms with Crippen LogP contribution in [-0.2, 0) is 10.0 Å².